The molecule has 0 aromatic heterocycles. The van der Waals surface area contributed by atoms with Gasteiger partial charge in [-0.05, 0) is 94.4 Å². The SMILES string of the molecule is CCCCOc1cc2c3cc(OCCCC)c(OCCCC)cc3c3cc(C(=O)OC)c(C(=O)OC)cc3c2cc1OCCCC. The second kappa shape index (κ2) is 16.9. The molecule has 0 saturated heterocycles. The van der Waals surface area contributed by atoms with Gasteiger partial charge in [0.25, 0.3) is 0 Å². The van der Waals surface area contributed by atoms with Gasteiger partial charge < -0.3 is 28.4 Å². The molecule has 0 atom stereocenters. The molecule has 0 aliphatic heterocycles. The highest BCUT2D eigenvalue weighted by Crippen LogP contribution is 2.45. The van der Waals surface area contributed by atoms with Gasteiger partial charge in [-0.2, -0.15) is 0 Å². The molecule has 0 bridgehead atoms. The van der Waals surface area contributed by atoms with E-state index in [9.17, 15) is 9.59 Å². The minimum absolute atomic E-state index is 0.123. The Morgan fingerprint density at radius 2 is 0.674 bits per heavy atom. The molecule has 8 heteroatoms. The summed E-state index contributed by atoms with van der Waals surface area (Å²) in [4.78, 5) is 26.0. The monoisotopic (exact) mass is 632 g/mol. The number of hydrogen-bond donors (Lipinski definition) is 0. The minimum atomic E-state index is -0.627. The van der Waals surface area contributed by atoms with Crippen LogP contribution in [0.5, 0.6) is 23.0 Å². The van der Waals surface area contributed by atoms with Gasteiger partial charge in [0.1, 0.15) is 0 Å². The van der Waals surface area contributed by atoms with E-state index in [4.69, 9.17) is 28.4 Å². The lowest BCUT2D eigenvalue weighted by molar-refractivity contribution is 0.0555. The molecule has 248 valence electrons. The van der Waals surface area contributed by atoms with Gasteiger partial charge in [-0.3, -0.25) is 0 Å². The predicted octanol–water partition coefficient (Wildman–Crippen LogP) is 9.44. The molecule has 0 aliphatic carbocycles. The number of fused-ring (bicyclic) bond motifs is 6. The molecular formula is C38H48O8. The lowest BCUT2D eigenvalue weighted by atomic mass is 9.90. The number of methoxy groups -OCH3 is 2. The zero-order valence-electron chi connectivity index (χ0n) is 28.2. The molecule has 4 rings (SSSR count). The van der Waals surface area contributed by atoms with Crippen LogP contribution in [0.15, 0.2) is 36.4 Å². The van der Waals surface area contributed by atoms with Crippen molar-refractivity contribution in [1.29, 1.82) is 0 Å². The predicted molar refractivity (Wildman–Crippen MR) is 183 cm³/mol. The number of benzene rings is 4. The molecule has 4 aromatic rings. The molecule has 0 spiro atoms. The van der Waals surface area contributed by atoms with Crippen LogP contribution in [-0.4, -0.2) is 52.6 Å². The van der Waals surface area contributed by atoms with Crippen molar-refractivity contribution in [2.75, 3.05) is 40.6 Å². The minimum Gasteiger partial charge on any atom is -0.490 e. The van der Waals surface area contributed by atoms with E-state index < -0.39 is 11.9 Å². The van der Waals surface area contributed by atoms with Gasteiger partial charge >= 0.3 is 11.9 Å². The summed E-state index contributed by atoms with van der Waals surface area (Å²) in [6, 6.07) is 11.4. The largest absolute Gasteiger partial charge is 0.490 e. The molecule has 0 amide bonds. The Morgan fingerprint density at radius 1 is 0.435 bits per heavy atom. The lowest BCUT2D eigenvalue weighted by Gasteiger charge is -2.20. The Labute approximate surface area is 272 Å². The standard InChI is InChI=1S/C38H48O8/c1-7-11-15-43-33-21-27-25-19-31(37(39)41-5)32(38(40)42-6)20-26(25)28-22-34(44-16-12-8-2)36(46-18-14-10-4)24-30(28)29(27)23-35(33)45-17-13-9-3/h19-24H,7-18H2,1-6H3. The van der Waals surface area contributed by atoms with Crippen molar-refractivity contribution >= 4 is 44.3 Å². The highest BCUT2D eigenvalue weighted by molar-refractivity contribution is 6.28. The fourth-order valence-electron chi connectivity index (χ4n) is 5.37. The van der Waals surface area contributed by atoms with Crippen LogP contribution in [0.2, 0.25) is 0 Å². The molecule has 0 heterocycles. The highest BCUT2D eigenvalue weighted by Gasteiger charge is 2.24. The first-order valence-electron chi connectivity index (χ1n) is 16.6. The van der Waals surface area contributed by atoms with Crippen LogP contribution in [0.4, 0.5) is 0 Å². The van der Waals surface area contributed by atoms with Crippen LogP contribution in [0.3, 0.4) is 0 Å². The zero-order valence-corrected chi connectivity index (χ0v) is 28.2. The first-order chi connectivity index (χ1) is 22.4. The fourth-order valence-corrected chi connectivity index (χ4v) is 5.37. The van der Waals surface area contributed by atoms with E-state index in [-0.39, 0.29) is 11.1 Å². The van der Waals surface area contributed by atoms with Crippen LogP contribution in [0.25, 0.3) is 32.3 Å². The van der Waals surface area contributed by atoms with Crippen LogP contribution < -0.4 is 18.9 Å². The summed E-state index contributed by atoms with van der Waals surface area (Å²) in [6.45, 7) is 10.7. The number of esters is 2. The van der Waals surface area contributed by atoms with Gasteiger partial charge in [-0.25, -0.2) is 9.59 Å². The number of rotatable bonds is 18. The first kappa shape index (κ1) is 34.7. The molecule has 46 heavy (non-hydrogen) atoms. The molecular weight excluding hydrogens is 584 g/mol. The van der Waals surface area contributed by atoms with Crippen molar-refractivity contribution in [3.63, 3.8) is 0 Å². The highest BCUT2D eigenvalue weighted by atomic mass is 16.5. The number of carbonyl (C=O) groups excluding carboxylic acids is 2. The third-order valence-corrected chi connectivity index (χ3v) is 8.03. The molecule has 0 aliphatic rings. The van der Waals surface area contributed by atoms with Crippen molar-refractivity contribution in [1.82, 2.24) is 0 Å². The molecule has 0 N–H and O–H groups in total. The molecule has 0 fully saturated rings. The average Bonchev–Trinajstić information content (AvgIpc) is 3.07. The van der Waals surface area contributed by atoms with Gasteiger partial charge in [0, 0.05) is 0 Å². The number of carbonyl (C=O) groups is 2. The van der Waals surface area contributed by atoms with Crippen molar-refractivity contribution in [3.8, 4) is 23.0 Å². The Balaban J connectivity index is 2.14. The Bertz CT molecular complexity index is 1540. The van der Waals surface area contributed by atoms with E-state index in [1.165, 1.54) is 14.2 Å². The topological polar surface area (TPSA) is 89.5 Å². The van der Waals surface area contributed by atoms with E-state index in [1.807, 2.05) is 24.3 Å². The van der Waals surface area contributed by atoms with Gasteiger partial charge in [0.05, 0.1) is 51.8 Å². The Hall–Kier alpha value is -4.20. The zero-order chi connectivity index (χ0) is 33.1. The van der Waals surface area contributed by atoms with Gasteiger partial charge in [0.2, 0.25) is 0 Å². The lowest BCUT2D eigenvalue weighted by Crippen LogP contribution is -2.12. The van der Waals surface area contributed by atoms with Crippen LogP contribution in [-0.2, 0) is 9.47 Å². The summed E-state index contributed by atoms with van der Waals surface area (Å²) in [5.74, 6) is 1.33. The quantitative estimate of drug-likeness (QED) is 0.0609. The summed E-state index contributed by atoms with van der Waals surface area (Å²) in [5, 5.41) is 5.01. The molecule has 8 nitrogen and oxygen atoms in total. The van der Waals surface area contributed by atoms with E-state index in [1.54, 1.807) is 12.1 Å². The Morgan fingerprint density at radius 3 is 0.891 bits per heavy atom. The summed E-state index contributed by atoms with van der Waals surface area (Å²) in [5.41, 5.74) is 0.247. The summed E-state index contributed by atoms with van der Waals surface area (Å²) < 4.78 is 35.4. The average molecular weight is 633 g/mol. The maximum atomic E-state index is 13.0. The van der Waals surface area contributed by atoms with E-state index in [0.29, 0.717) is 49.4 Å². The third-order valence-electron chi connectivity index (χ3n) is 8.03. The molecule has 0 unspecified atom stereocenters. The van der Waals surface area contributed by atoms with Crippen molar-refractivity contribution in [2.24, 2.45) is 0 Å². The summed E-state index contributed by atoms with van der Waals surface area (Å²) >= 11 is 0. The maximum absolute atomic E-state index is 13.0. The van der Waals surface area contributed by atoms with Crippen LogP contribution in [0.1, 0.15) is 99.8 Å². The Kier molecular flexibility index (Phi) is 12.8. The smallest absolute Gasteiger partial charge is 0.338 e. The van der Waals surface area contributed by atoms with E-state index >= 15 is 0 Å². The van der Waals surface area contributed by atoms with Crippen LogP contribution >= 0.6 is 0 Å². The van der Waals surface area contributed by atoms with Crippen LogP contribution in [0, 0.1) is 0 Å². The third kappa shape index (κ3) is 7.77. The van der Waals surface area contributed by atoms with Crippen molar-refractivity contribution in [2.45, 2.75) is 79.1 Å². The molecule has 0 radical (unpaired) electrons. The summed E-state index contributed by atoms with van der Waals surface area (Å²) in [6.07, 6.45) is 7.63. The fraction of sp³-hybridized carbons (Fsp3) is 0.474. The van der Waals surface area contributed by atoms with E-state index in [0.717, 1.165) is 83.7 Å². The second-order valence-corrected chi connectivity index (χ2v) is 11.4. The normalized spacial score (nSPS) is 11.2. The first-order valence-corrected chi connectivity index (χ1v) is 16.6. The molecule has 4 aromatic carbocycles. The summed E-state index contributed by atoms with van der Waals surface area (Å²) in [7, 11) is 2.59. The maximum Gasteiger partial charge on any atom is 0.338 e. The van der Waals surface area contributed by atoms with Gasteiger partial charge in [-0.1, -0.05) is 53.4 Å². The van der Waals surface area contributed by atoms with Crippen molar-refractivity contribution in [3.05, 3.63) is 47.5 Å². The molecule has 0 saturated carbocycles. The number of hydrogen-bond acceptors (Lipinski definition) is 8. The number of ether oxygens (including phenoxy) is 6. The van der Waals surface area contributed by atoms with Gasteiger partial charge in [0.15, 0.2) is 23.0 Å². The van der Waals surface area contributed by atoms with Gasteiger partial charge in [-0.15, -0.1) is 0 Å². The van der Waals surface area contributed by atoms with Crippen molar-refractivity contribution < 1.29 is 38.0 Å². The van der Waals surface area contributed by atoms with E-state index in [2.05, 4.69) is 27.7 Å². The second-order valence-electron chi connectivity index (χ2n) is 11.4. The number of unbranched alkanes of at least 4 members (excludes halogenated alkanes) is 4.